The van der Waals surface area contributed by atoms with Gasteiger partial charge < -0.3 is 19.3 Å². The summed E-state index contributed by atoms with van der Waals surface area (Å²) in [5.41, 5.74) is 0. The summed E-state index contributed by atoms with van der Waals surface area (Å²) in [6.07, 6.45) is 0.272. The molecule has 18 heavy (non-hydrogen) atoms. The van der Waals surface area contributed by atoms with Gasteiger partial charge in [0.25, 0.3) is 5.82 Å². The summed E-state index contributed by atoms with van der Waals surface area (Å²) < 4.78 is 16.4. The van der Waals surface area contributed by atoms with Crippen LogP contribution in [0, 0.1) is 0 Å². The molecular weight excluding hydrogens is 242 g/mol. The van der Waals surface area contributed by atoms with Crippen molar-refractivity contribution < 1.29 is 24.1 Å². The molecule has 0 bridgehead atoms. The average Bonchev–Trinajstić information content (AvgIpc) is 2.96. The first-order chi connectivity index (χ1) is 8.65. The van der Waals surface area contributed by atoms with Crippen LogP contribution in [0.1, 0.15) is 23.3 Å². The van der Waals surface area contributed by atoms with E-state index in [4.69, 9.17) is 9.47 Å². The van der Waals surface area contributed by atoms with Crippen LogP contribution >= 0.6 is 0 Å². The van der Waals surface area contributed by atoms with Gasteiger partial charge in [-0.1, -0.05) is 0 Å². The molecule has 100 valence electrons. The Morgan fingerprint density at radius 3 is 3.11 bits per heavy atom. The van der Waals surface area contributed by atoms with Gasteiger partial charge in [0.05, 0.1) is 19.8 Å². The van der Waals surface area contributed by atoms with Crippen LogP contribution in [0.2, 0.25) is 0 Å². The van der Waals surface area contributed by atoms with Gasteiger partial charge in [0.1, 0.15) is 12.4 Å². The summed E-state index contributed by atoms with van der Waals surface area (Å²) in [6, 6.07) is 0. The molecular formula is C10H15N3O5. The van der Waals surface area contributed by atoms with Gasteiger partial charge in [-0.25, -0.2) is 14.5 Å². The zero-order chi connectivity index (χ0) is 13.1. The Balaban J connectivity index is 2.05. The van der Waals surface area contributed by atoms with Gasteiger partial charge in [-0.3, -0.25) is 0 Å². The lowest BCUT2D eigenvalue weighted by Gasteiger charge is -2.13. The number of rotatable bonds is 4. The topological polar surface area (TPSA) is 95.7 Å². The number of hydrogen-bond donors (Lipinski definition) is 1. The van der Waals surface area contributed by atoms with Crippen LogP contribution in [0.5, 0.6) is 0 Å². The Hall–Kier alpha value is -1.51. The molecule has 0 unspecified atom stereocenters. The highest BCUT2D eigenvalue weighted by atomic mass is 16.6. The SMILES string of the molecule is COC[C@H]1O[C@@H](n2cnc(C(=O)OC)n2)C[C@@H]1O. The van der Waals surface area contributed by atoms with E-state index in [1.54, 1.807) is 0 Å². The van der Waals surface area contributed by atoms with E-state index < -0.39 is 24.4 Å². The minimum atomic E-state index is -0.624. The van der Waals surface area contributed by atoms with Gasteiger partial charge in [-0.2, -0.15) is 0 Å². The first-order valence-electron chi connectivity index (χ1n) is 5.47. The summed E-state index contributed by atoms with van der Waals surface area (Å²) >= 11 is 0. The lowest BCUT2D eigenvalue weighted by atomic mass is 10.2. The molecule has 1 saturated heterocycles. The van der Waals surface area contributed by atoms with Crippen LogP contribution in [0.15, 0.2) is 6.33 Å². The average molecular weight is 257 g/mol. The molecule has 1 aliphatic heterocycles. The summed E-state index contributed by atoms with van der Waals surface area (Å²) in [7, 11) is 2.79. The highest BCUT2D eigenvalue weighted by molar-refractivity contribution is 5.84. The zero-order valence-electron chi connectivity index (χ0n) is 10.1. The van der Waals surface area contributed by atoms with E-state index in [9.17, 15) is 9.90 Å². The summed E-state index contributed by atoms with van der Waals surface area (Å²) in [5, 5.41) is 13.7. The van der Waals surface area contributed by atoms with Crippen LogP contribution in [-0.2, 0) is 14.2 Å². The van der Waals surface area contributed by atoms with Crippen LogP contribution in [-0.4, -0.2) is 58.9 Å². The Morgan fingerprint density at radius 2 is 2.44 bits per heavy atom. The predicted molar refractivity (Wildman–Crippen MR) is 57.8 cm³/mol. The molecule has 0 saturated carbocycles. The van der Waals surface area contributed by atoms with E-state index in [-0.39, 0.29) is 5.82 Å². The number of aliphatic hydroxyl groups is 1. The Morgan fingerprint density at radius 1 is 1.67 bits per heavy atom. The van der Waals surface area contributed by atoms with Crippen LogP contribution in [0.4, 0.5) is 0 Å². The minimum absolute atomic E-state index is 0.0363. The summed E-state index contributed by atoms with van der Waals surface area (Å²) in [4.78, 5) is 15.0. The maximum atomic E-state index is 11.2. The van der Waals surface area contributed by atoms with Crippen molar-refractivity contribution in [3.05, 3.63) is 12.2 Å². The Labute approximate surface area is 103 Å². The Kier molecular flexibility index (Phi) is 3.90. The molecule has 3 atom stereocenters. The van der Waals surface area contributed by atoms with Gasteiger partial charge in [0.15, 0.2) is 6.23 Å². The number of hydrogen-bond acceptors (Lipinski definition) is 7. The number of nitrogens with zero attached hydrogens (tertiary/aromatic N) is 3. The maximum Gasteiger partial charge on any atom is 0.377 e. The number of ether oxygens (including phenoxy) is 3. The van der Waals surface area contributed by atoms with E-state index in [0.29, 0.717) is 13.0 Å². The van der Waals surface area contributed by atoms with Crippen molar-refractivity contribution >= 4 is 5.97 Å². The molecule has 2 heterocycles. The Bertz CT molecular complexity index is 421. The van der Waals surface area contributed by atoms with Gasteiger partial charge in [-0.05, 0) is 0 Å². The van der Waals surface area contributed by atoms with E-state index in [1.807, 2.05) is 0 Å². The normalized spacial score (nSPS) is 27.4. The number of aliphatic hydroxyl groups excluding tert-OH is 1. The van der Waals surface area contributed by atoms with Crippen molar-refractivity contribution in [2.24, 2.45) is 0 Å². The molecule has 1 fully saturated rings. The smallest absolute Gasteiger partial charge is 0.377 e. The molecule has 8 nitrogen and oxygen atoms in total. The van der Waals surface area contributed by atoms with Crippen LogP contribution in [0.25, 0.3) is 0 Å². The lowest BCUT2D eigenvalue weighted by Crippen LogP contribution is -2.25. The third kappa shape index (κ3) is 2.50. The molecule has 1 N–H and O–H groups in total. The molecule has 0 spiro atoms. The summed E-state index contributed by atoms with van der Waals surface area (Å²) in [6.45, 7) is 0.302. The van der Waals surface area contributed by atoms with E-state index in [0.717, 1.165) is 0 Å². The number of methoxy groups -OCH3 is 2. The number of carbonyl (C=O) groups excluding carboxylic acids is 1. The number of carbonyl (C=O) groups is 1. The molecule has 0 amide bonds. The van der Waals surface area contributed by atoms with Gasteiger partial charge in [0.2, 0.25) is 0 Å². The van der Waals surface area contributed by atoms with Crippen molar-refractivity contribution in [2.45, 2.75) is 24.9 Å². The molecule has 1 aromatic rings. The lowest BCUT2D eigenvalue weighted by molar-refractivity contribution is -0.0571. The molecule has 1 aliphatic rings. The third-order valence-electron chi connectivity index (χ3n) is 2.71. The highest BCUT2D eigenvalue weighted by Crippen LogP contribution is 2.28. The fourth-order valence-corrected chi connectivity index (χ4v) is 1.79. The van der Waals surface area contributed by atoms with E-state index >= 15 is 0 Å². The van der Waals surface area contributed by atoms with E-state index in [2.05, 4.69) is 14.8 Å². The molecule has 2 rings (SSSR count). The van der Waals surface area contributed by atoms with Crippen molar-refractivity contribution in [3.63, 3.8) is 0 Å². The second-order valence-corrected chi connectivity index (χ2v) is 3.93. The molecule has 8 heteroatoms. The quantitative estimate of drug-likeness (QED) is 0.716. The van der Waals surface area contributed by atoms with Crippen molar-refractivity contribution in [2.75, 3.05) is 20.8 Å². The van der Waals surface area contributed by atoms with Crippen molar-refractivity contribution in [1.29, 1.82) is 0 Å². The fraction of sp³-hybridized carbons (Fsp3) is 0.700. The monoisotopic (exact) mass is 257 g/mol. The van der Waals surface area contributed by atoms with Crippen molar-refractivity contribution in [1.82, 2.24) is 14.8 Å². The second kappa shape index (κ2) is 5.42. The van der Waals surface area contributed by atoms with Crippen molar-refractivity contribution in [3.8, 4) is 0 Å². The first kappa shape index (κ1) is 12.9. The van der Waals surface area contributed by atoms with Gasteiger partial charge in [0, 0.05) is 13.5 Å². The minimum Gasteiger partial charge on any atom is -0.463 e. The predicted octanol–water partition coefficient (Wildman–Crippen LogP) is -0.641. The molecule has 0 radical (unpaired) electrons. The fourth-order valence-electron chi connectivity index (χ4n) is 1.79. The number of esters is 1. The van der Waals surface area contributed by atoms with Crippen LogP contribution in [0.3, 0.4) is 0 Å². The van der Waals surface area contributed by atoms with Gasteiger partial charge in [-0.15, -0.1) is 5.10 Å². The molecule has 1 aromatic heterocycles. The molecule has 0 aromatic carbocycles. The van der Waals surface area contributed by atoms with E-state index in [1.165, 1.54) is 25.2 Å². The van der Waals surface area contributed by atoms with Crippen LogP contribution < -0.4 is 0 Å². The second-order valence-electron chi connectivity index (χ2n) is 3.93. The number of aromatic nitrogens is 3. The molecule has 0 aliphatic carbocycles. The maximum absolute atomic E-state index is 11.2. The van der Waals surface area contributed by atoms with Gasteiger partial charge >= 0.3 is 5.97 Å². The zero-order valence-corrected chi connectivity index (χ0v) is 10.1. The first-order valence-corrected chi connectivity index (χ1v) is 5.47. The third-order valence-corrected chi connectivity index (χ3v) is 2.71. The largest absolute Gasteiger partial charge is 0.463 e. The standard InChI is InChI=1S/C10H15N3O5/c1-16-4-7-6(14)3-8(18-7)13-5-11-9(12-13)10(15)17-2/h5-8,14H,3-4H2,1-2H3/t6-,7+,8+/m0/s1. The highest BCUT2D eigenvalue weighted by Gasteiger charge is 2.35. The summed E-state index contributed by atoms with van der Waals surface area (Å²) in [5.74, 6) is -0.647.